The van der Waals surface area contributed by atoms with E-state index in [4.69, 9.17) is 4.74 Å². The smallest absolute Gasteiger partial charge is 0.419 e. The minimum atomic E-state index is -4.66. The number of halogens is 4. The Morgan fingerprint density at radius 2 is 1.69 bits per heavy atom. The highest BCUT2D eigenvalue weighted by molar-refractivity contribution is 7.91. The summed E-state index contributed by atoms with van der Waals surface area (Å²) in [6.45, 7) is 0.0398. The number of urea groups is 1. The summed E-state index contributed by atoms with van der Waals surface area (Å²) in [6.07, 6.45) is -4.66. The van der Waals surface area contributed by atoms with Crippen LogP contribution in [0.3, 0.4) is 0 Å². The van der Waals surface area contributed by atoms with Gasteiger partial charge in [-0.2, -0.15) is 13.2 Å². The van der Waals surface area contributed by atoms with Crippen molar-refractivity contribution in [1.29, 1.82) is 0 Å². The van der Waals surface area contributed by atoms with Crippen molar-refractivity contribution in [1.82, 2.24) is 4.90 Å². The minimum absolute atomic E-state index is 0.0199. The van der Waals surface area contributed by atoms with E-state index in [1.807, 2.05) is 0 Å². The Bertz CT molecular complexity index is 1010. The van der Waals surface area contributed by atoms with Gasteiger partial charge in [0.1, 0.15) is 5.75 Å². The number of nitrogens with one attached hydrogen (secondary N) is 1. The lowest BCUT2D eigenvalue weighted by Gasteiger charge is -2.26. The molecule has 0 spiro atoms. The molecule has 29 heavy (non-hydrogen) atoms. The van der Waals surface area contributed by atoms with E-state index in [0.717, 1.165) is 24.3 Å². The molecule has 0 atom stereocenters. The van der Waals surface area contributed by atoms with Crippen LogP contribution in [0.25, 0.3) is 0 Å². The highest BCUT2D eigenvalue weighted by atomic mass is 32.2. The number of rotatable bonds is 3. The fraction of sp³-hybridized carbons (Fsp3) is 0.278. The Hall–Kier alpha value is -2.82. The summed E-state index contributed by atoms with van der Waals surface area (Å²) in [6, 6.07) is 7.08. The van der Waals surface area contributed by atoms with Gasteiger partial charge in [0, 0.05) is 24.8 Å². The Balaban J connectivity index is 1.71. The van der Waals surface area contributed by atoms with Crippen LogP contribution in [-0.2, 0) is 16.0 Å². The number of carbonyl (C=O) groups is 1. The average Bonchev–Trinajstić information content (AvgIpc) is 2.63. The van der Waals surface area contributed by atoms with Crippen LogP contribution in [0, 0.1) is 5.82 Å². The van der Waals surface area contributed by atoms with Crippen molar-refractivity contribution >= 4 is 21.6 Å². The summed E-state index contributed by atoms with van der Waals surface area (Å²) >= 11 is 0. The normalized spacial score (nSPS) is 16.3. The fourth-order valence-electron chi connectivity index (χ4n) is 2.69. The molecule has 3 rings (SSSR count). The van der Waals surface area contributed by atoms with Gasteiger partial charge in [-0.15, -0.1) is 0 Å². The molecule has 156 valence electrons. The molecule has 1 aliphatic rings. The lowest BCUT2D eigenvalue weighted by molar-refractivity contribution is -0.138. The number of alkyl halides is 3. The van der Waals surface area contributed by atoms with E-state index in [9.17, 15) is 30.8 Å². The van der Waals surface area contributed by atoms with Crippen LogP contribution in [0.15, 0.2) is 42.5 Å². The van der Waals surface area contributed by atoms with Crippen molar-refractivity contribution in [3.63, 3.8) is 0 Å². The Morgan fingerprint density at radius 3 is 2.31 bits per heavy atom. The number of amides is 2. The van der Waals surface area contributed by atoms with Gasteiger partial charge in [0.2, 0.25) is 0 Å². The monoisotopic (exact) mass is 432 g/mol. The lowest BCUT2D eigenvalue weighted by Crippen LogP contribution is -2.45. The molecule has 0 unspecified atom stereocenters. The van der Waals surface area contributed by atoms with Crippen molar-refractivity contribution in [2.45, 2.75) is 6.18 Å². The lowest BCUT2D eigenvalue weighted by atomic mass is 10.2. The third-order valence-electron chi connectivity index (χ3n) is 4.23. The molecule has 1 aliphatic heterocycles. The first-order valence-electron chi connectivity index (χ1n) is 8.45. The molecule has 2 aromatic carbocycles. The quantitative estimate of drug-likeness (QED) is 0.747. The van der Waals surface area contributed by atoms with Crippen molar-refractivity contribution in [2.24, 2.45) is 0 Å². The van der Waals surface area contributed by atoms with Gasteiger partial charge in [0.25, 0.3) is 0 Å². The molecule has 0 aromatic heterocycles. The van der Waals surface area contributed by atoms with Crippen LogP contribution in [-0.4, -0.2) is 43.9 Å². The van der Waals surface area contributed by atoms with Crippen LogP contribution in [0.5, 0.6) is 11.5 Å². The first-order chi connectivity index (χ1) is 13.5. The summed E-state index contributed by atoms with van der Waals surface area (Å²) < 4.78 is 81.3. The molecular weight excluding hydrogens is 416 g/mol. The van der Waals surface area contributed by atoms with Gasteiger partial charge in [-0.1, -0.05) is 12.1 Å². The SMILES string of the molecule is O=C(Nc1ccc(Oc2ccccc2C(F)(F)F)c(F)c1)N1CCS(=O)(=O)CC1. The molecule has 0 bridgehead atoms. The number of ether oxygens (including phenoxy) is 1. The third kappa shape index (κ3) is 5.17. The van der Waals surface area contributed by atoms with E-state index >= 15 is 0 Å². The molecular formula is C18H16F4N2O4S. The topological polar surface area (TPSA) is 75.7 Å². The van der Waals surface area contributed by atoms with Crippen molar-refractivity contribution < 1.29 is 35.5 Å². The number of hydrogen-bond acceptors (Lipinski definition) is 4. The Kier molecular flexibility index (Phi) is 5.69. The molecule has 2 aromatic rings. The predicted octanol–water partition coefficient (Wildman–Crippen LogP) is 3.90. The number of sulfone groups is 1. The van der Waals surface area contributed by atoms with E-state index < -0.39 is 44.9 Å². The predicted molar refractivity (Wildman–Crippen MR) is 97.2 cm³/mol. The van der Waals surface area contributed by atoms with Gasteiger partial charge in [-0.05, 0) is 24.3 Å². The van der Waals surface area contributed by atoms with Crippen LogP contribution in [0.1, 0.15) is 5.56 Å². The number of carbonyl (C=O) groups excluding carboxylic acids is 1. The van der Waals surface area contributed by atoms with E-state index in [-0.39, 0.29) is 30.3 Å². The maximum absolute atomic E-state index is 14.3. The van der Waals surface area contributed by atoms with Crippen LogP contribution in [0.4, 0.5) is 28.0 Å². The largest absolute Gasteiger partial charge is 0.454 e. The molecule has 11 heteroatoms. The van der Waals surface area contributed by atoms with E-state index in [2.05, 4.69) is 5.32 Å². The van der Waals surface area contributed by atoms with Gasteiger partial charge < -0.3 is 15.0 Å². The van der Waals surface area contributed by atoms with Crippen molar-refractivity contribution in [2.75, 3.05) is 29.9 Å². The summed E-state index contributed by atoms with van der Waals surface area (Å²) in [5.41, 5.74) is -0.991. The zero-order chi connectivity index (χ0) is 21.2. The van der Waals surface area contributed by atoms with Gasteiger partial charge in [0.15, 0.2) is 21.4 Å². The molecule has 1 heterocycles. The summed E-state index contributed by atoms with van der Waals surface area (Å²) in [5.74, 6) is -2.27. The van der Waals surface area contributed by atoms with Gasteiger partial charge in [-0.3, -0.25) is 0 Å². The fourth-order valence-corrected chi connectivity index (χ4v) is 3.89. The second-order valence-electron chi connectivity index (χ2n) is 6.31. The van der Waals surface area contributed by atoms with Crippen LogP contribution < -0.4 is 10.1 Å². The summed E-state index contributed by atoms with van der Waals surface area (Å²) in [7, 11) is -3.16. The Morgan fingerprint density at radius 1 is 1.03 bits per heavy atom. The zero-order valence-electron chi connectivity index (χ0n) is 14.9. The molecule has 2 amide bonds. The summed E-state index contributed by atoms with van der Waals surface area (Å²) in [4.78, 5) is 13.4. The summed E-state index contributed by atoms with van der Waals surface area (Å²) in [5, 5.41) is 2.42. The first-order valence-corrected chi connectivity index (χ1v) is 10.3. The number of anilines is 1. The standard InChI is InChI=1S/C18H16F4N2O4S/c19-14-11-12(23-17(25)24-7-9-29(26,27)10-8-24)5-6-16(14)28-15-4-2-1-3-13(15)18(20,21)22/h1-6,11H,7-10H2,(H,23,25). The maximum atomic E-state index is 14.3. The highest BCUT2D eigenvalue weighted by Crippen LogP contribution is 2.38. The van der Waals surface area contributed by atoms with Gasteiger partial charge in [-0.25, -0.2) is 17.6 Å². The van der Waals surface area contributed by atoms with Crippen LogP contribution in [0.2, 0.25) is 0 Å². The zero-order valence-corrected chi connectivity index (χ0v) is 15.7. The van der Waals surface area contributed by atoms with E-state index in [1.165, 1.54) is 23.1 Å². The minimum Gasteiger partial charge on any atom is -0.454 e. The molecule has 0 saturated carbocycles. The number of hydrogen-bond donors (Lipinski definition) is 1. The third-order valence-corrected chi connectivity index (χ3v) is 5.84. The second kappa shape index (κ2) is 7.90. The second-order valence-corrected chi connectivity index (χ2v) is 8.61. The molecule has 0 aliphatic carbocycles. The average molecular weight is 432 g/mol. The van der Waals surface area contributed by atoms with Gasteiger partial charge in [0.05, 0.1) is 17.1 Å². The van der Waals surface area contributed by atoms with Crippen molar-refractivity contribution in [3.8, 4) is 11.5 Å². The highest BCUT2D eigenvalue weighted by Gasteiger charge is 2.34. The number of para-hydroxylation sites is 1. The molecule has 6 nitrogen and oxygen atoms in total. The molecule has 1 fully saturated rings. The first kappa shape index (κ1) is 20.9. The van der Waals surface area contributed by atoms with Crippen molar-refractivity contribution in [3.05, 3.63) is 53.8 Å². The molecule has 0 radical (unpaired) electrons. The maximum Gasteiger partial charge on any atom is 0.419 e. The number of nitrogens with zero attached hydrogens (tertiary/aromatic N) is 1. The molecule has 1 saturated heterocycles. The molecule has 1 N–H and O–H groups in total. The van der Waals surface area contributed by atoms with E-state index in [1.54, 1.807) is 0 Å². The number of benzene rings is 2. The Labute approximate surface area is 164 Å². The van der Waals surface area contributed by atoms with Crippen LogP contribution >= 0.6 is 0 Å². The van der Waals surface area contributed by atoms with E-state index in [0.29, 0.717) is 0 Å². The van der Waals surface area contributed by atoms with Gasteiger partial charge >= 0.3 is 12.2 Å².